The summed E-state index contributed by atoms with van der Waals surface area (Å²) in [6.45, 7) is 5.23. The van der Waals surface area contributed by atoms with Gasteiger partial charge in [0.05, 0.1) is 0 Å². The molecule has 0 heterocycles. The van der Waals surface area contributed by atoms with Crippen molar-refractivity contribution in [2.75, 3.05) is 11.9 Å². The molecule has 0 aliphatic carbocycles. The van der Waals surface area contributed by atoms with Gasteiger partial charge in [-0.1, -0.05) is 51.8 Å². The standard InChI is InChI=1S/C17H20BrN/c1-13-4-6-15(7-5-13)12-19(3)17-9-8-16(11-18)14(2)10-17/h4-10H,11-12H2,1-3H3. The van der Waals surface area contributed by atoms with Crippen molar-refractivity contribution in [2.45, 2.75) is 25.7 Å². The Bertz CT molecular complexity index is 546. The van der Waals surface area contributed by atoms with Gasteiger partial charge in [-0.15, -0.1) is 0 Å². The van der Waals surface area contributed by atoms with Crippen molar-refractivity contribution in [3.05, 3.63) is 64.7 Å². The van der Waals surface area contributed by atoms with Crippen molar-refractivity contribution in [1.82, 2.24) is 0 Å². The van der Waals surface area contributed by atoms with Crippen LogP contribution in [0, 0.1) is 13.8 Å². The maximum atomic E-state index is 3.52. The van der Waals surface area contributed by atoms with E-state index < -0.39 is 0 Å². The van der Waals surface area contributed by atoms with Crippen LogP contribution < -0.4 is 4.90 Å². The van der Waals surface area contributed by atoms with Gasteiger partial charge in [-0.3, -0.25) is 0 Å². The van der Waals surface area contributed by atoms with E-state index in [0.717, 1.165) is 11.9 Å². The topological polar surface area (TPSA) is 3.24 Å². The number of benzene rings is 2. The first-order valence-corrected chi connectivity index (χ1v) is 7.64. The molecule has 0 unspecified atom stereocenters. The maximum Gasteiger partial charge on any atom is 0.0426 e. The minimum absolute atomic E-state index is 0.917. The first-order valence-electron chi connectivity index (χ1n) is 6.52. The largest absolute Gasteiger partial charge is 0.370 e. The molecule has 0 atom stereocenters. The van der Waals surface area contributed by atoms with Gasteiger partial charge in [-0.2, -0.15) is 0 Å². The van der Waals surface area contributed by atoms with Crippen LogP contribution in [0.4, 0.5) is 5.69 Å². The third-order valence-electron chi connectivity index (χ3n) is 3.45. The third kappa shape index (κ3) is 3.60. The number of rotatable bonds is 4. The summed E-state index contributed by atoms with van der Waals surface area (Å²) in [7, 11) is 2.14. The molecule has 0 saturated heterocycles. The van der Waals surface area contributed by atoms with Gasteiger partial charge in [-0.05, 0) is 42.7 Å². The van der Waals surface area contributed by atoms with Crippen LogP contribution >= 0.6 is 15.9 Å². The van der Waals surface area contributed by atoms with Crippen LogP contribution in [0.2, 0.25) is 0 Å². The summed E-state index contributed by atoms with van der Waals surface area (Å²) in [6.07, 6.45) is 0. The van der Waals surface area contributed by atoms with Gasteiger partial charge >= 0.3 is 0 Å². The molecule has 0 amide bonds. The summed E-state index contributed by atoms with van der Waals surface area (Å²) in [5, 5.41) is 0.917. The zero-order valence-corrected chi connectivity index (χ0v) is 13.4. The van der Waals surface area contributed by atoms with Gasteiger partial charge in [0.1, 0.15) is 0 Å². The smallest absolute Gasteiger partial charge is 0.0426 e. The van der Waals surface area contributed by atoms with E-state index in [4.69, 9.17) is 0 Å². The predicted octanol–water partition coefficient (Wildman–Crippen LogP) is 4.83. The minimum atomic E-state index is 0.917. The average molecular weight is 318 g/mol. The van der Waals surface area contributed by atoms with E-state index in [1.165, 1.54) is 27.9 Å². The fourth-order valence-corrected chi connectivity index (χ4v) is 2.76. The molecule has 0 aliphatic rings. The molecule has 0 spiro atoms. The lowest BCUT2D eigenvalue weighted by molar-refractivity contribution is 0.920. The van der Waals surface area contributed by atoms with Crippen molar-refractivity contribution in [3.8, 4) is 0 Å². The molecule has 19 heavy (non-hydrogen) atoms. The summed E-state index contributed by atoms with van der Waals surface area (Å²) in [5.74, 6) is 0. The highest BCUT2D eigenvalue weighted by Gasteiger charge is 2.04. The zero-order valence-electron chi connectivity index (χ0n) is 11.8. The van der Waals surface area contributed by atoms with Crippen LogP contribution in [0.25, 0.3) is 0 Å². The van der Waals surface area contributed by atoms with Crippen LogP contribution in [0.15, 0.2) is 42.5 Å². The van der Waals surface area contributed by atoms with Gasteiger partial charge in [0.25, 0.3) is 0 Å². The van der Waals surface area contributed by atoms with Gasteiger partial charge in [0.2, 0.25) is 0 Å². The van der Waals surface area contributed by atoms with Crippen LogP contribution in [-0.2, 0) is 11.9 Å². The van der Waals surface area contributed by atoms with Crippen LogP contribution in [0.5, 0.6) is 0 Å². The number of hydrogen-bond acceptors (Lipinski definition) is 1. The van der Waals surface area contributed by atoms with Crippen molar-refractivity contribution < 1.29 is 0 Å². The molecule has 2 rings (SSSR count). The van der Waals surface area contributed by atoms with Crippen molar-refractivity contribution in [1.29, 1.82) is 0 Å². The number of nitrogens with zero attached hydrogens (tertiary/aromatic N) is 1. The van der Waals surface area contributed by atoms with E-state index in [0.29, 0.717) is 0 Å². The van der Waals surface area contributed by atoms with Gasteiger partial charge in [0, 0.05) is 24.6 Å². The number of halogens is 1. The summed E-state index contributed by atoms with van der Waals surface area (Å²) in [4.78, 5) is 2.29. The second-order valence-corrected chi connectivity index (χ2v) is 5.65. The lowest BCUT2D eigenvalue weighted by Crippen LogP contribution is -2.16. The van der Waals surface area contributed by atoms with E-state index in [1.807, 2.05) is 0 Å². The van der Waals surface area contributed by atoms with E-state index >= 15 is 0 Å². The van der Waals surface area contributed by atoms with Crippen LogP contribution in [0.1, 0.15) is 22.3 Å². The first-order chi connectivity index (χ1) is 9.10. The molecule has 0 aromatic heterocycles. The molecule has 100 valence electrons. The molecular weight excluding hydrogens is 298 g/mol. The molecule has 0 aliphatic heterocycles. The Balaban J connectivity index is 2.13. The van der Waals surface area contributed by atoms with E-state index in [1.54, 1.807) is 0 Å². The number of alkyl halides is 1. The Morgan fingerprint density at radius 2 is 1.68 bits per heavy atom. The van der Waals surface area contributed by atoms with Crippen LogP contribution in [0.3, 0.4) is 0 Å². The second-order valence-electron chi connectivity index (χ2n) is 5.09. The van der Waals surface area contributed by atoms with Crippen molar-refractivity contribution in [2.24, 2.45) is 0 Å². The zero-order chi connectivity index (χ0) is 13.8. The minimum Gasteiger partial charge on any atom is -0.370 e. The van der Waals surface area contributed by atoms with E-state index in [-0.39, 0.29) is 0 Å². The molecule has 0 radical (unpaired) electrons. The SMILES string of the molecule is Cc1ccc(CN(C)c2ccc(CBr)c(C)c2)cc1. The summed E-state index contributed by atoms with van der Waals surface area (Å²) < 4.78 is 0. The monoisotopic (exact) mass is 317 g/mol. The Kier molecular flexibility index (Phi) is 4.65. The second kappa shape index (κ2) is 6.25. The molecule has 1 nitrogen and oxygen atoms in total. The molecule has 0 bridgehead atoms. The molecule has 2 aromatic carbocycles. The third-order valence-corrected chi connectivity index (χ3v) is 4.06. The lowest BCUT2D eigenvalue weighted by Gasteiger charge is -2.20. The Hall–Kier alpha value is -1.28. The maximum absolute atomic E-state index is 3.52. The van der Waals surface area contributed by atoms with Gasteiger partial charge in [-0.25, -0.2) is 0 Å². The first kappa shape index (κ1) is 14.1. The molecule has 2 aromatic rings. The normalized spacial score (nSPS) is 10.5. The quantitative estimate of drug-likeness (QED) is 0.730. The predicted molar refractivity (Wildman–Crippen MR) is 87.1 cm³/mol. The highest BCUT2D eigenvalue weighted by molar-refractivity contribution is 9.08. The molecule has 0 N–H and O–H groups in total. The average Bonchev–Trinajstić information content (AvgIpc) is 2.41. The summed E-state index contributed by atoms with van der Waals surface area (Å²) in [5.41, 5.74) is 6.61. The van der Waals surface area contributed by atoms with Gasteiger partial charge in [0.15, 0.2) is 0 Å². The molecule has 0 fully saturated rings. The lowest BCUT2D eigenvalue weighted by atomic mass is 10.1. The molecule has 0 saturated carbocycles. The van der Waals surface area contributed by atoms with Gasteiger partial charge < -0.3 is 4.90 Å². The fourth-order valence-electron chi connectivity index (χ4n) is 2.13. The number of hydrogen-bond donors (Lipinski definition) is 0. The highest BCUT2D eigenvalue weighted by Crippen LogP contribution is 2.21. The summed E-state index contributed by atoms with van der Waals surface area (Å²) in [6, 6.07) is 15.4. The van der Waals surface area contributed by atoms with Crippen LogP contribution in [-0.4, -0.2) is 7.05 Å². The molecular formula is C17H20BrN. The fraction of sp³-hybridized carbons (Fsp3) is 0.294. The van der Waals surface area contributed by atoms with Crippen molar-refractivity contribution >= 4 is 21.6 Å². The summed E-state index contributed by atoms with van der Waals surface area (Å²) >= 11 is 3.52. The van der Waals surface area contributed by atoms with Crippen molar-refractivity contribution in [3.63, 3.8) is 0 Å². The highest BCUT2D eigenvalue weighted by atomic mass is 79.9. The Labute approximate surface area is 124 Å². The molecule has 2 heteroatoms. The Morgan fingerprint density at radius 1 is 1.00 bits per heavy atom. The number of aryl methyl sites for hydroxylation is 2. The Morgan fingerprint density at radius 3 is 2.26 bits per heavy atom. The van der Waals surface area contributed by atoms with E-state index in [2.05, 4.69) is 84.2 Å². The van der Waals surface area contributed by atoms with E-state index in [9.17, 15) is 0 Å². The number of anilines is 1.